The molecular formula is C14H15BrN2O2. The van der Waals surface area contributed by atoms with Gasteiger partial charge in [-0.1, -0.05) is 6.92 Å². The summed E-state index contributed by atoms with van der Waals surface area (Å²) in [6.07, 6.45) is 3.49. The average molecular weight is 323 g/mol. The van der Waals surface area contributed by atoms with Crippen LogP contribution in [0.3, 0.4) is 0 Å². The van der Waals surface area contributed by atoms with Crippen LogP contribution in [-0.2, 0) is 4.79 Å². The summed E-state index contributed by atoms with van der Waals surface area (Å²) in [6, 6.07) is 4.22. The zero-order chi connectivity index (χ0) is 13.6. The van der Waals surface area contributed by atoms with Crippen LogP contribution in [0.15, 0.2) is 16.6 Å². The summed E-state index contributed by atoms with van der Waals surface area (Å²) in [6.45, 7) is 3.22. The smallest absolute Gasteiger partial charge is 0.296 e. The standard InChI is InChI=1S/C14H15BrN2O2/c1-2-8-4-3-5-17(8)12-7-11-9(6-10(12)15)13(18)14(19)16-11/h6-8H,2-5H2,1H3,(H,16,18,19). The lowest BCUT2D eigenvalue weighted by molar-refractivity contribution is -0.112. The van der Waals surface area contributed by atoms with Gasteiger partial charge in [0.25, 0.3) is 11.7 Å². The molecular weight excluding hydrogens is 308 g/mol. The number of nitrogens with one attached hydrogen (secondary N) is 1. The summed E-state index contributed by atoms with van der Waals surface area (Å²) in [5, 5.41) is 2.64. The molecule has 1 fully saturated rings. The van der Waals surface area contributed by atoms with Crippen LogP contribution >= 0.6 is 15.9 Å². The molecule has 100 valence electrons. The van der Waals surface area contributed by atoms with Gasteiger partial charge in [0.15, 0.2) is 0 Å². The van der Waals surface area contributed by atoms with E-state index < -0.39 is 11.7 Å². The summed E-state index contributed by atoms with van der Waals surface area (Å²) in [5.74, 6) is -0.983. The van der Waals surface area contributed by atoms with Crippen molar-refractivity contribution in [1.82, 2.24) is 0 Å². The molecule has 0 aliphatic carbocycles. The van der Waals surface area contributed by atoms with Crippen molar-refractivity contribution in [1.29, 1.82) is 0 Å². The fourth-order valence-corrected chi connectivity index (χ4v) is 3.52. The molecule has 0 spiro atoms. The first-order valence-corrected chi connectivity index (χ1v) is 7.37. The number of benzene rings is 1. The molecule has 1 aromatic carbocycles. The average Bonchev–Trinajstić information content (AvgIpc) is 2.96. The van der Waals surface area contributed by atoms with Crippen molar-refractivity contribution in [3.63, 3.8) is 0 Å². The summed E-state index contributed by atoms with van der Waals surface area (Å²) < 4.78 is 0.886. The zero-order valence-corrected chi connectivity index (χ0v) is 12.3. The fraction of sp³-hybridized carbons (Fsp3) is 0.429. The lowest BCUT2D eigenvalue weighted by atomic mass is 10.1. The molecule has 2 aliphatic heterocycles. The van der Waals surface area contributed by atoms with Gasteiger partial charge in [0, 0.05) is 17.1 Å². The van der Waals surface area contributed by atoms with Crippen molar-refractivity contribution < 1.29 is 9.59 Å². The van der Waals surface area contributed by atoms with Crippen LogP contribution < -0.4 is 10.2 Å². The van der Waals surface area contributed by atoms with Gasteiger partial charge in [-0.15, -0.1) is 0 Å². The third-order valence-corrected chi connectivity index (χ3v) is 4.58. The second-order valence-electron chi connectivity index (χ2n) is 5.03. The van der Waals surface area contributed by atoms with E-state index in [-0.39, 0.29) is 0 Å². The van der Waals surface area contributed by atoms with Crippen molar-refractivity contribution in [2.24, 2.45) is 0 Å². The lowest BCUT2D eigenvalue weighted by Gasteiger charge is -2.27. The first kappa shape index (κ1) is 12.7. The Labute approximate surface area is 120 Å². The molecule has 0 bridgehead atoms. The highest BCUT2D eigenvalue weighted by molar-refractivity contribution is 9.10. The molecule has 19 heavy (non-hydrogen) atoms. The van der Waals surface area contributed by atoms with E-state index in [0.717, 1.165) is 23.1 Å². The topological polar surface area (TPSA) is 49.4 Å². The van der Waals surface area contributed by atoms with Gasteiger partial charge in [-0.05, 0) is 47.3 Å². The van der Waals surface area contributed by atoms with E-state index in [0.29, 0.717) is 17.3 Å². The number of anilines is 2. The normalized spacial score (nSPS) is 21.8. The molecule has 1 unspecified atom stereocenters. The molecule has 1 aromatic rings. The van der Waals surface area contributed by atoms with Crippen molar-refractivity contribution in [3.8, 4) is 0 Å². The quantitative estimate of drug-likeness (QED) is 0.851. The lowest BCUT2D eigenvalue weighted by Crippen LogP contribution is -2.28. The zero-order valence-electron chi connectivity index (χ0n) is 10.7. The van der Waals surface area contributed by atoms with Gasteiger partial charge in [0.1, 0.15) is 0 Å². The summed E-state index contributed by atoms with van der Waals surface area (Å²) in [7, 11) is 0. The van der Waals surface area contributed by atoms with Gasteiger partial charge >= 0.3 is 0 Å². The Morgan fingerprint density at radius 3 is 2.95 bits per heavy atom. The second-order valence-corrected chi connectivity index (χ2v) is 5.88. The number of carbonyl (C=O) groups is 2. The van der Waals surface area contributed by atoms with Crippen LogP contribution in [0.1, 0.15) is 36.5 Å². The van der Waals surface area contributed by atoms with Gasteiger partial charge in [-0.25, -0.2) is 0 Å². The largest absolute Gasteiger partial charge is 0.368 e. The van der Waals surface area contributed by atoms with E-state index >= 15 is 0 Å². The van der Waals surface area contributed by atoms with Gasteiger partial charge in [-0.3, -0.25) is 9.59 Å². The highest BCUT2D eigenvalue weighted by atomic mass is 79.9. The van der Waals surface area contributed by atoms with Crippen molar-refractivity contribution >= 4 is 39.0 Å². The van der Waals surface area contributed by atoms with E-state index in [2.05, 4.69) is 33.1 Å². The molecule has 0 radical (unpaired) electrons. The Kier molecular flexibility index (Phi) is 3.09. The second kappa shape index (κ2) is 4.63. The number of halogens is 1. The Morgan fingerprint density at radius 2 is 2.21 bits per heavy atom. The highest BCUT2D eigenvalue weighted by Gasteiger charge is 2.31. The first-order valence-electron chi connectivity index (χ1n) is 6.57. The SMILES string of the molecule is CCC1CCCN1c1cc2c(cc1Br)C(=O)C(=O)N2. The van der Waals surface area contributed by atoms with Crippen LogP contribution in [0.5, 0.6) is 0 Å². The third-order valence-electron chi connectivity index (χ3n) is 3.94. The maximum Gasteiger partial charge on any atom is 0.296 e. The maximum absolute atomic E-state index is 11.7. The Morgan fingerprint density at radius 1 is 1.42 bits per heavy atom. The molecule has 2 aliphatic rings. The third kappa shape index (κ3) is 1.96. The Bertz CT molecular complexity index is 571. The molecule has 3 rings (SSSR count). The van der Waals surface area contributed by atoms with Crippen molar-refractivity contribution in [2.75, 3.05) is 16.8 Å². The molecule has 1 atom stereocenters. The number of hydrogen-bond donors (Lipinski definition) is 1. The van der Waals surface area contributed by atoms with Crippen LogP contribution in [0.25, 0.3) is 0 Å². The molecule has 1 amide bonds. The molecule has 4 nitrogen and oxygen atoms in total. The van der Waals surface area contributed by atoms with E-state index in [4.69, 9.17) is 0 Å². The van der Waals surface area contributed by atoms with E-state index in [1.54, 1.807) is 6.07 Å². The van der Waals surface area contributed by atoms with Crippen LogP contribution in [0.4, 0.5) is 11.4 Å². The Hall–Kier alpha value is -1.36. The van der Waals surface area contributed by atoms with Gasteiger partial charge in [0.05, 0.1) is 16.9 Å². The monoisotopic (exact) mass is 322 g/mol. The number of rotatable bonds is 2. The fourth-order valence-electron chi connectivity index (χ4n) is 2.95. The minimum Gasteiger partial charge on any atom is -0.368 e. The number of amides is 1. The molecule has 1 N–H and O–H groups in total. The first-order chi connectivity index (χ1) is 9.11. The van der Waals surface area contributed by atoms with Crippen molar-refractivity contribution in [3.05, 3.63) is 22.2 Å². The van der Waals surface area contributed by atoms with Crippen molar-refractivity contribution in [2.45, 2.75) is 32.2 Å². The maximum atomic E-state index is 11.7. The minimum atomic E-state index is -0.535. The molecule has 1 saturated heterocycles. The molecule has 2 heterocycles. The Balaban J connectivity index is 2.03. The number of hydrogen-bond acceptors (Lipinski definition) is 3. The molecule has 0 saturated carbocycles. The van der Waals surface area contributed by atoms with Gasteiger partial charge in [0.2, 0.25) is 0 Å². The highest BCUT2D eigenvalue weighted by Crippen LogP contribution is 2.38. The predicted octanol–water partition coefficient (Wildman–Crippen LogP) is 2.96. The van der Waals surface area contributed by atoms with Crippen LogP contribution in [0.2, 0.25) is 0 Å². The van der Waals surface area contributed by atoms with Crippen LogP contribution in [0, 0.1) is 0 Å². The predicted molar refractivity (Wildman–Crippen MR) is 77.8 cm³/mol. The van der Waals surface area contributed by atoms with E-state index in [1.165, 1.54) is 12.8 Å². The molecule has 0 aromatic heterocycles. The number of Topliss-reactive ketones (excluding diaryl/α,β-unsaturated/α-hetero) is 1. The number of ketones is 1. The number of nitrogens with zero attached hydrogens (tertiary/aromatic N) is 1. The summed E-state index contributed by atoms with van der Waals surface area (Å²) in [5.41, 5.74) is 2.17. The molecule has 5 heteroatoms. The minimum absolute atomic E-state index is 0.448. The van der Waals surface area contributed by atoms with E-state index in [1.807, 2.05) is 6.07 Å². The summed E-state index contributed by atoms with van der Waals surface area (Å²) in [4.78, 5) is 25.4. The van der Waals surface area contributed by atoms with Gasteiger partial charge in [-0.2, -0.15) is 0 Å². The number of fused-ring (bicyclic) bond motifs is 1. The summed E-state index contributed by atoms with van der Waals surface area (Å²) >= 11 is 3.53. The van der Waals surface area contributed by atoms with Gasteiger partial charge < -0.3 is 10.2 Å². The van der Waals surface area contributed by atoms with E-state index in [9.17, 15) is 9.59 Å². The van der Waals surface area contributed by atoms with Crippen LogP contribution in [-0.4, -0.2) is 24.3 Å². The number of carbonyl (C=O) groups excluding carboxylic acids is 2.